The van der Waals surface area contributed by atoms with E-state index in [9.17, 15) is 28.8 Å². The molecule has 0 aromatic rings. The van der Waals surface area contributed by atoms with Crippen LogP contribution in [-0.2, 0) is 61.9 Å². The van der Waals surface area contributed by atoms with Crippen molar-refractivity contribution in [3.05, 3.63) is 0 Å². The summed E-state index contributed by atoms with van der Waals surface area (Å²) in [6.45, 7) is 5.33. The van der Waals surface area contributed by atoms with Crippen LogP contribution in [0.3, 0.4) is 0 Å². The largest absolute Gasteiger partial charge is 0.455 e. The summed E-state index contributed by atoms with van der Waals surface area (Å²) < 4.78 is 36.9. The lowest BCUT2D eigenvalue weighted by Gasteiger charge is -2.43. The average molecular weight is 573 g/mol. The molecule has 1 unspecified atom stereocenters. The third kappa shape index (κ3) is 13.4. The molecule has 1 fully saturated rings. The summed E-state index contributed by atoms with van der Waals surface area (Å²) in [6.07, 6.45) is -2.15. The van der Waals surface area contributed by atoms with E-state index in [2.05, 4.69) is 16.6 Å². The zero-order valence-electron chi connectivity index (χ0n) is 22.9. The van der Waals surface area contributed by atoms with Gasteiger partial charge in [-0.25, -0.2) is 0 Å². The van der Waals surface area contributed by atoms with Gasteiger partial charge in [0, 0.05) is 53.6 Å². The van der Waals surface area contributed by atoms with Crippen molar-refractivity contribution in [3.8, 4) is 12.3 Å². The van der Waals surface area contributed by atoms with Crippen molar-refractivity contribution in [2.24, 2.45) is 0 Å². The van der Waals surface area contributed by atoms with Crippen LogP contribution in [0.2, 0.25) is 0 Å². The first-order chi connectivity index (χ1) is 19.0. The molecule has 0 aliphatic carbocycles. The van der Waals surface area contributed by atoms with Gasteiger partial charge >= 0.3 is 23.9 Å². The highest BCUT2D eigenvalue weighted by molar-refractivity contribution is 5.82. The maximum Gasteiger partial charge on any atom is 0.305 e. The van der Waals surface area contributed by atoms with Crippen LogP contribution in [0.1, 0.15) is 40.5 Å². The summed E-state index contributed by atoms with van der Waals surface area (Å²) >= 11 is 0. The Hall–Kier alpha value is -3.74. The van der Waals surface area contributed by atoms with Crippen molar-refractivity contribution in [2.75, 3.05) is 39.5 Å². The monoisotopic (exact) mass is 572 g/mol. The van der Waals surface area contributed by atoms with Crippen LogP contribution in [0, 0.1) is 12.3 Å². The summed E-state index contributed by atoms with van der Waals surface area (Å²) in [5.41, 5.74) is 0. The molecule has 1 saturated heterocycles. The van der Waals surface area contributed by atoms with E-state index in [1.54, 1.807) is 0 Å². The number of esters is 4. The number of nitrogens with one attached hydrogen (secondary N) is 2. The van der Waals surface area contributed by atoms with Gasteiger partial charge in [-0.05, 0) is 0 Å². The second-order valence-corrected chi connectivity index (χ2v) is 8.33. The van der Waals surface area contributed by atoms with E-state index in [0.29, 0.717) is 13.0 Å². The van der Waals surface area contributed by atoms with Gasteiger partial charge in [-0.2, -0.15) is 0 Å². The first-order valence-corrected chi connectivity index (χ1v) is 12.4. The number of rotatable bonds is 16. The van der Waals surface area contributed by atoms with Crippen molar-refractivity contribution < 1.29 is 61.9 Å². The topological polar surface area (TPSA) is 191 Å². The molecule has 1 heterocycles. The van der Waals surface area contributed by atoms with Gasteiger partial charge in [0.2, 0.25) is 18.3 Å². The summed E-state index contributed by atoms with van der Waals surface area (Å²) in [5.74, 6) is -1.94. The molecule has 0 radical (unpaired) electrons. The number of carbonyl (C=O) groups is 6. The molecule has 5 atom stereocenters. The molecule has 2 N–H and O–H groups in total. The standard InChI is InChI=1S/C25H36N2O13/c1-6-7-8-19(32)26-9-11-34-13-14-35-12-10-27-24(33)22-20(36-15(2)28)21(37-16(3)29)23(38-17(4)30)25(40-22)39-18(5)31/h1,20-23,25H,7-14H2,2-5H3,(H,26,32)(H,27,33)/t20-,21-,22?,23+,25+/m0/s1. The van der Waals surface area contributed by atoms with E-state index in [-0.39, 0.29) is 45.3 Å². The molecule has 0 aromatic carbocycles. The van der Waals surface area contributed by atoms with Gasteiger partial charge < -0.3 is 43.8 Å². The predicted molar refractivity (Wildman–Crippen MR) is 133 cm³/mol. The van der Waals surface area contributed by atoms with E-state index in [1.165, 1.54) is 0 Å². The molecule has 1 rings (SSSR count). The Morgan fingerprint density at radius 3 is 1.73 bits per heavy atom. The summed E-state index contributed by atoms with van der Waals surface area (Å²) in [7, 11) is 0. The lowest BCUT2D eigenvalue weighted by molar-refractivity contribution is -0.290. The van der Waals surface area contributed by atoms with Crippen LogP contribution in [0.5, 0.6) is 0 Å². The highest BCUT2D eigenvalue weighted by Gasteiger charge is 2.55. The molecular formula is C25H36N2O13. The Labute approximate surface area is 231 Å². The summed E-state index contributed by atoms with van der Waals surface area (Å²) in [5, 5.41) is 5.18. The Kier molecular flexibility index (Phi) is 15.9. The third-order valence-corrected chi connectivity index (χ3v) is 4.92. The van der Waals surface area contributed by atoms with Gasteiger partial charge in [0.05, 0.1) is 26.4 Å². The van der Waals surface area contributed by atoms with Gasteiger partial charge in [0.15, 0.2) is 18.3 Å². The first-order valence-electron chi connectivity index (χ1n) is 12.4. The maximum absolute atomic E-state index is 13.0. The Morgan fingerprint density at radius 1 is 0.700 bits per heavy atom. The maximum atomic E-state index is 13.0. The zero-order chi connectivity index (χ0) is 30.1. The molecule has 40 heavy (non-hydrogen) atoms. The number of ether oxygens (including phenoxy) is 7. The van der Waals surface area contributed by atoms with Crippen LogP contribution < -0.4 is 10.6 Å². The molecule has 0 saturated carbocycles. The zero-order valence-corrected chi connectivity index (χ0v) is 22.9. The van der Waals surface area contributed by atoms with Crippen LogP contribution in [0.25, 0.3) is 0 Å². The minimum atomic E-state index is -1.65. The minimum absolute atomic E-state index is 0.000555. The van der Waals surface area contributed by atoms with Crippen LogP contribution >= 0.6 is 0 Å². The van der Waals surface area contributed by atoms with Crippen molar-refractivity contribution in [2.45, 2.75) is 71.2 Å². The highest BCUT2D eigenvalue weighted by Crippen LogP contribution is 2.30. The molecule has 0 spiro atoms. The van der Waals surface area contributed by atoms with E-state index >= 15 is 0 Å². The smallest absolute Gasteiger partial charge is 0.305 e. The van der Waals surface area contributed by atoms with Crippen molar-refractivity contribution in [1.29, 1.82) is 0 Å². The van der Waals surface area contributed by atoms with Crippen LogP contribution in [0.15, 0.2) is 0 Å². The molecular weight excluding hydrogens is 536 g/mol. The molecule has 1 aliphatic heterocycles. The average Bonchev–Trinajstić information content (AvgIpc) is 2.85. The van der Waals surface area contributed by atoms with Gasteiger partial charge in [-0.3, -0.25) is 28.8 Å². The minimum Gasteiger partial charge on any atom is -0.455 e. The molecule has 15 nitrogen and oxygen atoms in total. The Morgan fingerprint density at radius 2 is 1.20 bits per heavy atom. The fourth-order valence-corrected chi connectivity index (χ4v) is 3.45. The molecule has 1 aliphatic rings. The fraction of sp³-hybridized carbons (Fsp3) is 0.680. The van der Waals surface area contributed by atoms with E-state index in [1.807, 2.05) is 0 Å². The molecule has 15 heteroatoms. The lowest BCUT2D eigenvalue weighted by atomic mass is 9.97. The van der Waals surface area contributed by atoms with E-state index in [0.717, 1.165) is 27.7 Å². The number of amides is 2. The Balaban J connectivity index is 2.68. The summed E-state index contributed by atoms with van der Waals surface area (Å²) in [6, 6.07) is 0. The van der Waals surface area contributed by atoms with Gasteiger partial charge in [-0.1, -0.05) is 0 Å². The SMILES string of the molecule is C#CCCC(=O)NCCOCCOCCNC(=O)C1O[C@@H](OC(C)=O)[C@H](OC(C)=O)[C@@H](OC(C)=O)[C@@H]1OC(C)=O. The Bertz CT molecular complexity index is 932. The normalized spacial score (nSPS) is 21.7. The molecule has 0 aromatic heterocycles. The number of carbonyl (C=O) groups excluding carboxylic acids is 6. The van der Waals surface area contributed by atoms with Crippen LogP contribution in [-0.4, -0.2) is 106 Å². The second kappa shape index (κ2) is 18.5. The van der Waals surface area contributed by atoms with Crippen molar-refractivity contribution >= 4 is 35.7 Å². The number of hydrogen-bond donors (Lipinski definition) is 2. The van der Waals surface area contributed by atoms with Crippen LogP contribution in [0.4, 0.5) is 0 Å². The van der Waals surface area contributed by atoms with Gasteiger partial charge in [0.1, 0.15) is 0 Å². The number of hydrogen-bond acceptors (Lipinski definition) is 13. The number of terminal acetylenes is 1. The van der Waals surface area contributed by atoms with Crippen molar-refractivity contribution in [1.82, 2.24) is 10.6 Å². The van der Waals surface area contributed by atoms with E-state index in [4.69, 9.17) is 39.6 Å². The first kappa shape index (κ1) is 34.3. The second-order valence-electron chi connectivity index (χ2n) is 8.33. The van der Waals surface area contributed by atoms with Gasteiger partial charge in [0.25, 0.3) is 5.91 Å². The van der Waals surface area contributed by atoms with Crippen molar-refractivity contribution in [3.63, 3.8) is 0 Å². The summed E-state index contributed by atoms with van der Waals surface area (Å²) in [4.78, 5) is 71.3. The highest BCUT2D eigenvalue weighted by atomic mass is 16.7. The van der Waals surface area contributed by atoms with E-state index < -0.39 is 60.5 Å². The fourth-order valence-electron chi connectivity index (χ4n) is 3.45. The third-order valence-electron chi connectivity index (χ3n) is 4.92. The van der Waals surface area contributed by atoms with Gasteiger partial charge in [-0.15, -0.1) is 12.3 Å². The lowest BCUT2D eigenvalue weighted by Crippen LogP contribution is -2.65. The molecule has 224 valence electrons. The molecule has 0 bridgehead atoms. The molecule has 2 amide bonds. The quantitative estimate of drug-likeness (QED) is 0.0966. The predicted octanol–water partition coefficient (Wildman–Crippen LogP) is -1.25.